The van der Waals surface area contributed by atoms with Gasteiger partial charge in [0.2, 0.25) is 0 Å². The molecule has 0 saturated carbocycles. The minimum atomic E-state index is 1.08. The van der Waals surface area contributed by atoms with Crippen molar-refractivity contribution in [2.24, 2.45) is 0 Å². The van der Waals surface area contributed by atoms with E-state index in [0.29, 0.717) is 0 Å². The molecular weight excluding hydrogens is 410 g/mol. The zero-order chi connectivity index (χ0) is 23.3. The Morgan fingerprint density at radius 3 is 1.41 bits per heavy atom. The molecule has 0 N–H and O–H groups in total. The van der Waals surface area contributed by atoms with Crippen LogP contribution in [0.5, 0.6) is 0 Å². The van der Waals surface area contributed by atoms with E-state index in [-0.39, 0.29) is 0 Å². The van der Waals surface area contributed by atoms with Crippen LogP contribution < -0.4 is 4.90 Å². The molecule has 0 heterocycles. The molecule has 5 aromatic carbocycles. The van der Waals surface area contributed by atoms with Crippen molar-refractivity contribution in [3.05, 3.63) is 155 Å². The Balaban J connectivity index is 1.90. The van der Waals surface area contributed by atoms with Crippen molar-refractivity contribution in [1.29, 1.82) is 0 Å². The standard InChI is InChI=1S/C33H27N/c1-34(2)33-23-22-29(28-20-12-13-21-30(28)33)32(27-18-10-5-11-19-27)24-31(25-14-6-3-7-15-25)26-16-8-4-9-17-26/h3-23H,1-2H3. The quantitative estimate of drug-likeness (QED) is 0.251. The van der Waals surface area contributed by atoms with Crippen molar-refractivity contribution >= 4 is 27.6 Å². The van der Waals surface area contributed by atoms with Gasteiger partial charge >= 0.3 is 0 Å². The van der Waals surface area contributed by atoms with E-state index < -0.39 is 0 Å². The molecule has 5 aromatic rings. The van der Waals surface area contributed by atoms with Crippen LogP contribution in [0, 0.1) is 0 Å². The van der Waals surface area contributed by atoms with Crippen LogP contribution in [0.1, 0.15) is 22.3 Å². The maximum atomic E-state index is 3.88. The lowest BCUT2D eigenvalue weighted by Crippen LogP contribution is -2.09. The summed E-state index contributed by atoms with van der Waals surface area (Å²) >= 11 is 0. The number of fused-ring (bicyclic) bond motifs is 1. The zero-order valence-corrected chi connectivity index (χ0v) is 19.6. The predicted molar refractivity (Wildman–Crippen MR) is 146 cm³/mol. The Kier molecular flexibility index (Phi) is 6.12. The van der Waals surface area contributed by atoms with Gasteiger partial charge in [0.1, 0.15) is 0 Å². The summed E-state index contributed by atoms with van der Waals surface area (Å²) in [7, 11) is 4.19. The van der Waals surface area contributed by atoms with Crippen LogP contribution in [0.15, 0.2) is 133 Å². The lowest BCUT2D eigenvalue weighted by molar-refractivity contribution is 1.14. The van der Waals surface area contributed by atoms with Crippen molar-refractivity contribution in [2.45, 2.75) is 0 Å². The summed E-state index contributed by atoms with van der Waals surface area (Å²) in [4.78, 5) is 2.17. The molecule has 164 valence electrons. The Morgan fingerprint density at radius 1 is 0.471 bits per heavy atom. The predicted octanol–water partition coefficient (Wildman–Crippen LogP) is 8.07. The highest BCUT2D eigenvalue weighted by molar-refractivity contribution is 6.04. The molecule has 0 unspecified atom stereocenters. The summed E-state index contributed by atoms with van der Waals surface area (Å²) in [5.74, 6) is 0. The molecule has 0 bridgehead atoms. The summed E-state index contributed by atoms with van der Waals surface area (Å²) < 4.78 is 0. The van der Waals surface area contributed by atoms with Gasteiger partial charge in [-0.15, -0.1) is 5.73 Å². The first-order chi connectivity index (χ1) is 16.7. The minimum Gasteiger partial charge on any atom is -0.377 e. The van der Waals surface area contributed by atoms with Crippen LogP contribution in [0.25, 0.3) is 21.9 Å². The summed E-state index contributed by atoms with van der Waals surface area (Å²) in [6.07, 6.45) is 0. The van der Waals surface area contributed by atoms with Gasteiger partial charge in [0, 0.05) is 36.3 Å². The Bertz CT molecular complexity index is 1430. The van der Waals surface area contributed by atoms with Gasteiger partial charge in [0.05, 0.1) is 0 Å². The number of hydrogen-bond donors (Lipinski definition) is 0. The number of nitrogens with zero attached hydrogens (tertiary/aromatic N) is 1. The largest absolute Gasteiger partial charge is 0.377 e. The smallest absolute Gasteiger partial charge is 0.0441 e. The van der Waals surface area contributed by atoms with Crippen molar-refractivity contribution < 1.29 is 0 Å². The highest BCUT2D eigenvalue weighted by Crippen LogP contribution is 2.35. The van der Waals surface area contributed by atoms with Gasteiger partial charge in [-0.1, -0.05) is 121 Å². The number of hydrogen-bond acceptors (Lipinski definition) is 1. The van der Waals surface area contributed by atoms with Crippen molar-refractivity contribution in [3.8, 4) is 0 Å². The van der Waals surface area contributed by atoms with Gasteiger partial charge in [-0.05, 0) is 33.7 Å². The molecule has 0 spiro atoms. The van der Waals surface area contributed by atoms with E-state index in [2.05, 4.69) is 152 Å². The first-order valence-electron chi connectivity index (χ1n) is 11.6. The normalized spacial score (nSPS) is 10.5. The summed E-state index contributed by atoms with van der Waals surface area (Å²) in [6, 6.07) is 44.8. The van der Waals surface area contributed by atoms with Crippen molar-refractivity contribution in [1.82, 2.24) is 0 Å². The Hall–Kier alpha value is -4.32. The van der Waals surface area contributed by atoms with Gasteiger partial charge in [-0.2, -0.15) is 0 Å². The molecule has 1 heteroatoms. The van der Waals surface area contributed by atoms with Crippen LogP contribution in [0.2, 0.25) is 0 Å². The average Bonchev–Trinajstić information content (AvgIpc) is 2.90. The fourth-order valence-electron chi connectivity index (χ4n) is 4.44. The summed E-state index contributed by atoms with van der Waals surface area (Å²) in [6.45, 7) is 0. The van der Waals surface area contributed by atoms with Gasteiger partial charge < -0.3 is 4.90 Å². The third kappa shape index (κ3) is 4.30. The van der Waals surface area contributed by atoms with E-state index in [1.165, 1.54) is 22.0 Å². The minimum absolute atomic E-state index is 1.08. The lowest BCUT2D eigenvalue weighted by Gasteiger charge is -2.18. The molecule has 0 atom stereocenters. The van der Waals surface area contributed by atoms with Crippen molar-refractivity contribution in [3.63, 3.8) is 0 Å². The molecule has 0 aliphatic heterocycles. The number of rotatable bonds is 5. The fourth-order valence-corrected chi connectivity index (χ4v) is 4.44. The van der Waals surface area contributed by atoms with Crippen LogP contribution in [-0.2, 0) is 0 Å². The number of benzene rings is 5. The molecule has 5 rings (SSSR count). The lowest BCUT2D eigenvalue weighted by atomic mass is 9.90. The van der Waals surface area contributed by atoms with Gasteiger partial charge in [0.15, 0.2) is 0 Å². The van der Waals surface area contributed by atoms with E-state index in [4.69, 9.17) is 0 Å². The SMILES string of the molecule is CN(C)c1ccc(C(=C=C(c2ccccc2)c2ccccc2)c2ccccc2)c2ccccc12. The highest BCUT2D eigenvalue weighted by atomic mass is 15.1. The van der Waals surface area contributed by atoms with Crippen LogP contribution >= 0.6 is 0 Å². The van der Waals surface area contributed by atoms with Crippen LogP contribution in [0.3, 0.4) is 0 Å². The molecular formula is C33H27N. The molecule has 0 aliphatic carbocycles. The average molecular weight is 438 g/mol. The summed E-state index contributed by atoms with van der Waals surface area (Å²) in [5, 5.41) is 2.46. The molecule has 1 nitrogen and oxygen atoms in total. The zero-order valence-electron chi connectivity index (χ0n) is 19.6. The molecule has 0 saturated heterocycles. The molecule has 0 aliphatic rings. The second-order valence-electron chi connectivity index (χ2n) is 8.55. The van der Waals surface area contributed by atoms with E-state index in [1.807, 2.05) is 0 Å². The molecule has 0 amide bonds. The van der Waals surface area contributed by atoms with Crippen LogP contribution in [0.4, 0.5) is 5.69 Å². The second-order valence-corrected chi connectivity index (χ2v) is 8.55. The number of anilines is 1. The maximum absolute atomic E-state index is 3.88. The first-order valence-corrected chi connectivity index (χ1v) is 11.6. The molecule has 0 aromatic heterocycles. The maximum Gasteiger partial charge on any atom is 0.0441 e. The third-order valence-electron chi connectivity index (χ3n) is 6.09. The molecule has 34 heavy (non-hydrogen) atoms. The second kappa shape index (κ2) is 9.67. The monoisotopic (exact) mass is 437 g/mol. The first kappa shape index (κ1) is 21.5. The Morgan fingerprint density at radius 2 is 0.912 bits per heavy atom. The van der Waals surface area contributed by atoms with Crippen molar-refractivity contribution in [2.75, 3.05) is 19.0 Å². The highest BCUT2D eigenvalue weighted by Gasteiger charge is 2.14. The third-order valence-corrected chi connectivity index (χ3v) is 6.09. The van der Waals surface area contributed by atoms with E-state index in [9.17, 15) is 0 Å². The van der Waals surface area contributed by atoms with E-state index in [0.717, 1.165) is 27.8 Å². The van der Waals surface area contributed by atoms with E-state index >= 15 is 0 Å². The fraction of sp³-hybridized carbons (Fsp3) is 0.0606. The van der Waals surface area contributed by atoms with E-state index in [1.54, 1.807) is 0 Å². The molecule has 0 fully saturated rings. The van der Waals surface area contributed by atoms with Gasteiger partial charge in [-0.3, -0.25) is 0 Å². The topological polar surface area (TPSA) is 3.24 Å². The van der Waals surface area contributed by atoms with Gasteiger partial charge in [-0.25, -0.2) is 0 Å². The molecule has 0 radical (unpaired) electrons. The van der Waals surface area contributed by atoms with Crippen LogP contribution in [-0.4, -0.2) is 14.1 Å². The Labute approximate surface area is 201 Å². The summed E-state index contributed by atoms with van der Waals surface area (Å²) in [5.41, 5.74) is 11.9. The van der Waals surface area contributed by atoms with Gasteiger partial charge in [0.25, 0.3) is 0 Å².